The van der Waals surface area contributed by atoms with Gasteiger partial charge in [-0.3, -0.25) is 4.79 Å². The van der Waals surface area contributed by atoms with Crippen LogP contribution in [0.2, 0.25) is 0 Å². The SMILES string of the molecule is NC(N)=NC1CC1(O)C(=O)NC1CC(N)C(C2OC(CNCC3CC(N)C3)CCC2N)C(O)C1OC1OC(CO)C(O)C(N)C1O. The number of hydrogen-bond donors (Lipinski definition) is 13. The second-order valence-corrected chi connectivity index (χ2v) is 13.8. The van der Waals surface area contributed by atoms with Gasteiger partial charge in [-0.2, -0.15) is 0 Å². The van der Waals surface area contributed by atoms with E-state index < -0.39 is 97.2 Å². The minimum absolute atomic E-state index is 0.0185. The fourth-order valence-electron chi connectivity index (χ4n) is 7.40. The smallest absolute Gasteiger partial charge is 0.254 e. The monoisotopic (exact) mass is 659 g/mol. The summed E-state index contributed by atoms with van der Waals surface area (Å²) in [6, 6.07) is -4.00. The number of rotatable bonds is 11. The van der Waals surface area contributed by atoms with Crippen LogP contribution in [0.4, 0.5) is 0 Å². The van der Waals surface area contributed by atoms with E-state index in [1.54, 1.807) is 0 Å². The lowest BCUT2D eigenvalue weighted by Crippen LogP contribution is -2.69. The average molecular weight is 660 g/mol. The molecule has 19 N–H and O–H groups in total. The van der Waals surface area contributed by atoms with Crippen molar-refractivity contribution in [3.63, 3.8) is 0 Å². The normalized spacial score (nSPS) is 49.1. The largest absolute Gasteiger partial charge is 0.394 e. The molecule has 46 heavy (non-hydrogen) atoms. The fraction of sp³-hybridized carbons (Fsp3) is 0.929. The van der Waals surface area contributed by atoms with E-state index in [9.17, 15) is 30.3 Å². The number of ether oxygens (including phenoxy) is 3. The van der Waals surface area contributed by atoms with E-state index in [1.807, 2.05) is 0 Å². The Bertz CT molecular complexity index is 1080. The zero-order chi connectivity index (χ0) is 33.5. The first-order valence-corrected chi connectivity index (χ1v) is 16.2. The Labute approximate surface area is 267 Å². The van der Waals surface area contributed by atoms with Crippen LogP contribution >= 0.6 is 0 Å². The van der Waals surface area contributed by atoms with Gasteiger partial charge in [-0.15, -0.1) is 0 Å². The summed E-state index contributed by atoms with van der Waals surface area (Å²) in [7, 11) is 0. The zero-order valence-corrected chi connectivity index (χ0v) is 25.9. The van der Waals surface area contributed by atoms with E-state index in [4.69, 9.17) is 48.6 Å². The van der Waals surface area contributed by atoms with Gasteiger partial charge in [0.2, 0.25) is 0 Å². The third kappa shape index (κ3) is 7.44. The van der Waals surface area contributed by atoms with Crippen molar-refractivity contribution in [2.45, 2.75) is 129 Å². The number of amides is 1. The molecule has 18 heteroatoms. The molecule has 0 bridgehead atoms. The number of carbonyl (C=O) groups excluding carboxylic acids is 1. The van der Waals surface area contributed by atoms with Gasteiger partial charge in [0.25, 0.3) is 5.91 Å². The number of hydrogen-bond acceptors (Lipinski definition) is 15. The van der Waals surface area contributed by atoms with Crippen molar-refractivity contribution < 1.29 is 44.5 Å². The second kappa shape index (κ2) is 14.4. The summed E-state index contributed by atoms with van der Waals surface area (Å²) < 4.78 is 18.2. The molecule has 0 aromatic carbocycles. The molecule has 1 amide bonds. The van der Waals surface area contributed by atoms with Gasteiger partial charge in [0.05, 0.1) is 43.0 Å². The average Bonchev–Trinajstić information content (AvgIpc) is 3.64. The minimum atomic E-state index is -1.88. The molecule has 5 aliphatic rings. The molecule has 3 saturated carbocycles. The predicted octanol–water partition coefficient (Wildman–Crippen LogP) is -6.69. The highest BCUT2D eigenvalue weighted by Gasteiger charge is 2.61. The molecule has 2 aliphatic heterocycles. The van der Waals surface area contributed by atoms with E-state index in [1.165, 1.54) is 0 Å². The first-order valence-electron chi connectivity index (χ1n) is 16.2. The standard InChI is InChI=1S/C28H53N9O9/c29-11-3-10(4-11)7-35-8-12-1-2-13(30)23(44-12)18-14(31)5-15(36-26(42)28(43)6-17(28)37-27(33)34)24(21(18)40)46-25-22(41)19(32)20(39)16(9-38)45-25/h10-25,35,38-41,43H,1-9,29-32H2,(H,36,42)(H4,33,34,37). The third-order valence-electron chi connectivity index (χ3n) is 10.3. The molecule has 0 radical (unpaired) electrons. The van der Waals surface area contributed by atoms with Crippen molar-refractivity contribution in [2.24, 2.45) is 51.2 Å². The highest BCUT2D eigenvalue weighted by molar-refractivity contribution is 5.90. The Morgan fingerprint density at radius 1 is 0.957 bits per heavy atom. The molecular weight excluding hydrogens is 606 g/mol. The number of nitrogens with zero attached hydrogens (tertiary/aromatic N) is 1. The lowest BCUT2D eigenvalue weighted by atomic mass is 9.72. The number of carbonyl (C=O) groups is 1. The van der Waals surface area contributed by atoms with Crippen molar-refractivity contribution >= 4 is 11.9 Å². The Morgan fingerprint density at radius 2 is 1.67 bits per heavy atom. The summed E-state index contributed by atoms with van der Waals surface area (Å²) in [5, 5.41) is 59.8. The van der Waals surface area contributed by atoms with Gasteiger partial charge in [0.1, 0.15) is 24.4 Å². The second-order valence-electron chi connectivity index (χ2n) is 13.8. The zero-order valence-electron chi connectivity index (χ0n) is 25.9. The van der Waals surface area contributed by atoms with Crippen molar-refractivity contribution in [3.8, 4) is 0 Å². The fourth-order valence-corrected chi connectivity index (χ4v) is 7.40. The quantitative estimate of drug-likeness (QED) is 0.0724. The van der Waals surface area contributed by atoms with Gasteiger partial charge in [0, 0.05) is 37.0 Å². The molecule has 5 rings (SSSR count). The number of nitrogens with two attached hydrogens (primary N) is 6. The Kier molecular flexibility index (Phi) is 11.1. The van der Waals surface area contributed by atoms with E-state index in [-0.39, 0.29) is 30.9 Å². The number of aliphatic hydroxyl groups is 5. The van der Waals surface area contributed by atoms with Crippen LogP contribution in [0.5, 0.6) is 0 Å². The molecule has 0 aromatic heterocycles. The molecule has 0 aromatic rings. The maximum atomic E-state index is 13.3. The van der Waals surface area contributed by atoms with Crippen LogP contribution in [0.3, 0.4) is 0 Å². The number of aliphatic imine (C=N–C) groups is 1. The Hall–Kier alpha value is -1.78. The number of nitrogens with one attached hydrogen (secondary N) is 2. The molecular formula is C28H53N9O9. The lowest BCUT2D eigenvalue weighted by Gasteiger charge is -2.51. The van der Waals surface area contributed by atoms with Crippen molar-refractivity contribution in [1.29, 1.82) is 0 Å². The molecule has 3 aliphatic carbocycles. The van der Waals surface area contributed by atoms with Crippen LogP contribution in [0.1, 0.15) is 38.5 Å². The van der Waals surface area contributed by atoms with E-state index in [0.717, 1.165) is 19.4 Å². The predicted molar refractivity (Wildman–Crippen MR) is 163 cm³/mol. The summed E-state index contributed by atoms with van der Waals surface area (Å²) in [4.78, 5) is 17.1. The molecule has 0 spiro atoms. The maximum Gasteiger partial charge on any atom is 0.254 e. The van der Waals surface area contributed by atoms with E-state index >= 15 is 0 Å². The highest BCUT2D eigenvalue weighted by Crippen LogP contribution is 2.41. The number of guanidine groups is 1. The van der Waals surface area contributed by atoms with Gasteiger partial charge >= 0.3 is 0 Å². The van der Waals surface area contributed by atoms with Gasteiger partial charge in [-0.25, -0.2) is 4.99 Å². The van der Waals surface area contributed by atoms with E-state index in [2.05, 4.69) is 15.6 Å². The van der Waals surface area contributed by atoms with Gasteiger partial charge in [-0.1, -0.05) is 0 Å². The van der Waals surface area contributed by atoms with Gasteiger partial charge in [0.15, 0.2) is 17.9 Å². The molecule has 15 atom stereocenters. The van der Waals surface area contributed by atoms with Crippen LogP contribution in [-0.4, -0.2) is 148 Å². The van der Waals surface area contributed by atoms with Crippen LogP contribution < -0.4 is 45.0 Å². The minimum Gasteiger partial charge on any atom is -0.394 e. The summed E-state index contributed by atoms with van der Waals surface area (Å²) in [6.07, 6.45) is -5.77. The van der Waals surface area contributed by atoms with E-state index in [0.29, 0.717) is 25.3 Å². The van der Waals surface area contributed by atoms with Crippen LogP contribution in [-0.2, 0) is 19.0 Å². The summed E-state index contributed by atoms with van der Waals surface area (Å²) in [6.45, 7) is 0.806. The molecule has 264 valence electrons. The highest BCUT2D eigenvalue weighted by atomic mass is 16.7. The number of aliphatic hydroxyl groups excluding tert-OH is 4. The van der Waals surface area contributed by atoms with Gasteiger partial charge in [-0.05, 0) is 44.6 Å². The van der Waals surface area contributed by atoms with Crippen molar-refractivity contribution in [2.75, 3.05) is 19.7 Å². The third-order valence-corrected chi connectivity index (χ3v) is 10.3. The first-order chi connectivity index (χ1) is 21.7. The van der Waals surface area contributed by atoms with Gasteiger partial charge < -0.3 is 84.8 Å². The topological polar surface area (TPSA) is 338 Å². The molecule has 5 fully saturated rings. The van der Waals surface area contributed by atoms with Crippen molar-refractivity contribution in [3.05, 3.63) is 0 Å². The molecule has 2 saturated heterocycles. The lowest BCUT2D eigenvalue weighted by molar-refractivity contribution is -0.306. The van der Waals surface area contributed by atoms with Crippen LogP contribution in [0.15, 0.2) is 4.99 Å². The van der Waals surface area contributed by atoms with Crippen LogP contribution in [0, 0.1) is 11.8 Å². The summed E-state index contributed by atoms with van der Waals surface area (Å²) >= 11 is 0. The van der Waals surface area contributed by atoms with Crippen molar-refractivity contribution in [1.82, 2.24) is 10.6 Å². The molecule has 15 unspecified atom stereocenters. The van der Waals surface area contributed by atoms with Crippen LogP contribution in [0.25, 0.3) is 0 Å². The first kappa shape index (κ1) is 35.5. The molecule has 2 heterocycles. The summed E-state index contributed by atoms with van der Waals surface area (Å²) in [5.74, 6) is -1.30. The summed E-state index contributed by atoms with van der Waals surface area (Å²) in [5.41, 5.74) is 34.1. The Morgan fingerprint density at radius 3 is 2.33 bits per heavy atom. The molecule has 18 nitrogen and oxygen atoms in total. The Balaban J connectivity index is 1.32. The maximum absolute atomic E-state index is 13.3.